The van der Waals surface area contributed by atoms with Crippen LogP contribution in [0.2, 0.25) is 0 Å². The Labute approximate surface area is 162 Å². The Balaban J connectivity index is 1.92. The maximum atomic E-state index is 5.42. The van der Waals surface area contributed by atoms with Crippen LogP contribution in [0.5, 0.6) is 28.7 Å². The number of benzene rings is 2. The molecule has 0 bridgehead atoms. The van der Waals surface area contributed by atoms with Gasteiger partial charge in [0.15, 0.2) is 23.0 Å². The second-order valence-electron chi connectivity index (χ2n) is 5.50. The third-order valence-electron chi connectivity index (χ3n) is 3.99. The molecule has 9 heteroatoms. The number of anilines is 2. The topological polar surface area (TPSA) is 97.1 Å². The van der Waals surface area contributed by atoms with Crippen LogP contribution in [0, 0.1) is 0 Å². The van der Waals surface area contributed by atoms with E-state index in [1.54, 1.807) is 53.7 Å². The van der Waals surface area contributed by atoms with Gasteiger partial charge in [-0.1, -0.05) is 11.2 Å². The van der Waals surface area contributed by atoms with Gasteiger partial charge in [0.25, 0.3) is 0 Å². The molecule has 0 radical (unpaired) electrons. The van der Waals surface area contributed by atoms with Crippen molar-refractivity contribution in [1.29, 1.82) is 0 Å². The molecule has 0 saturated carbocycles. The van der Waals surface area contributed by atoms with Gasteiger partial charge in [0.2, 0.25) is 11.6 Å². The highest BCUT2D eigenvalue weighted by atomic mass is 16.5. The van der Waals surface area contributed by atoms with Crippen molar-refractivity contribution in [2.45, 2.75) is 0 Å². The molecule has 0 amide bonds. The number of rotatable bonds is 8. The van der Waals surface area contributed by atoms with E-state index in [0.717, 1.165) is 0 Å². The minimum absolute atomic E-state index is 0.189. The second-order valence-corrected chi connectivity index (χ2v) is 5.50. The summed E-state index contributed by atoms with van der Waals surface area (Å²) in [6, 6.07) is 9.08. The number of nitrogens with one attached hydrogen (secondary N) is 1. The Morgan fingerprint density at radius 2 is 1.43 bits per heavy atom. The lowest BCUT2D eigenvalue weighted by molar-refractivity contribution is 0.324. The van der Waals surface area contributed by atoms with Gasteiger partial charge in [0.05, 0.1) is 46.8 Å². The van der Waals surface area contributed by atoms with Crippen molar-refractivity contribution in [3.8, 4) is 40.1 Å². The van der Waals surface area contributed by atoms with Crippen molar-refractivity contribution in [3.05, 3.63) is 30.3 Å². The monoisotopic (exact) mass is 387 g/mol. The number of ether oxygens (including phenoxy) is 5. The number of hydrogen-bond donors (Lipinski definition) is 1. The summed E-state index contributed by atoms with van der Waals surface area (Å²) in [5.74, 6) is 2.93. The Morgan fingerprint density at radius 3 is 2.00 bits per heavy atom. The molecule has 0 unspecified atom stereocenters. The summed E-state index contributed by atoms with van der Waals surface area (Å²) in [5.41, 5.74) is 1.27. The van der Waals surface area contributed by atoms with Crippen molar-refractivity contribution in [2.75, 3.05) is 40.9 Å². The first-order valence-electron chi connectivity index (χ1n) is 8.27. The van der Waals surface area contributed by atoms with Gasteiger partial charge in [0.1, 0.15) is 0 Å². The highest BCUT2D eigenvalue weighted by Crippen LogP contribution is 2.41. The summed E-state index contributed by atoms with van der Waals surface area (Å²) >= 11 is 0. The largest absolute Gasteiger partial charge is 0.493 e. The van der Waals surface area contributed by atoms with Crippen LogP contribution < -0.4 is 29.0 Å². The molecule has 0 atom stereocenters. The van der Waals surface area contributed by atoms with E-state index >= 15 is 0 Å². The third kappa shape index (κ3) is 3.59. The van der Waals surface area contributed by atoms with Crippen LogP contribution >= 0.6 is 0 Å². The summed E-state index contributed by atoms with van der Waals surface area (Å²) < 4.78 is 32.1. The lowest BCUT2D eigenvalue weighted by Crippen LogP contribution is -1.98. The number of methoxy groups -OCH3 is 5. The van der Waals surface area contributed by atoms with Gasteiger partial charge in [-0.05, 0) is 12.1 Å². The Kier molecular flexibility index (Phi) is 5.73. The summed E-state index contributed by atoms with van der Waals surface area (Å²) in [6.07, 6.45) is 0. The zero-order valence-electron chi connectivity index (χ0n) is 16.2. The van der Waals surface area contributed by atoms with Gasteiger partial charge >= 0.3 is 6.01 Å². The molecule has 1 aromatic heterocycles. The molecular weight excluding hydrogens is 366 g/mol. The van der Waals surface area contributed by atoms with E-state index < -0.39 is 0 Å². The minimum Gasteiger partial charge on any atom is -0.493 e. The SMILES string of the molecule is COc1cc(Nc2nc(-c3cccc(OC)c3OC)no2)cc(OC)c1OC. The molecule has 0 aliphatic carbocycles. The summed E-state index contributed by atoms with van der Waals surface area (Å²) in [7, 11) is 7.74. The average Bonchev–Trinajstić information content (AvgIpc) is 3.20. The van der Waals surface area contributed by atoms with Crippen molar-refractivity contribution >= 4 is 11.7 Å². The van der Waals surface area contributed by atoms with Crippen LogP contribution in [0.3, 0.4) is 0 Å². The van der Waals surface area contributed by atoms with Crippen LogP contribution in [0.15, 0.2) is 34.9 Å². The quantitative estimate of drug-likeness (QED) is 0.622. The number of hydrogen-bond acceptors (Lipinski definition) is 9. The van der Waals surface area contributed by atoms with Crippen LogP contribution in [-0.2, 0) is 0 Å². The van der Waals surface area contributed by atoms with Crippen molar-refractivity contribution in [3.63, 3.8) is 0 Å². The van der Waals surface area contributed by atoms with Crippen LogP contribution in [-0.4, -0.2) is 45.7 Å². The number of para-hydroxylation sites is 1. The lowest BCUT2D eigenvalue weighted by atomic mass is 10.2. The minimum atomic E-state index is 0.189. The number of nitrogens with zero attached hydrogens (tertiary/aromatic N) is 2. The predicted molar refractivity (Wildman–Crippen MR) is 102 cm³/mol. The molecule has 1 heterocycles. The molecule has 0 spiro atoms. The Hall–Kier alpha value is -3.62. The molecule has 0 fully saturated rings. The lowest BCUT2D eigenvalue weighted by Gasteiger charge is -2.13. The highest BCUT2D eigenvalue weighted by Gasteiger charge is 2.18. The Bertz CT molecular complexity index is 932. The van der Waals surface area contributed by atoms with Gasteiger partial charge in [-0.25, -0.2) is 0 Å². The predicted octanol–water partition coefficient (Wildman–Crippen LogP) is 3.52. The summed E-state index contributed by atoms with van der Waals surface area (Å²) in [4.78, 5) is 4.38. The molecule has 0 aliphatic heterocycles. The summed E-state index contributed by atoms with van der Waals surface area (Å²) in [5, 5.41) is 7.05. The third-order valence-corrected chi connectivity index (χ3v) is 3.99. The molecule has 0 saturated heterocycles. The first kappa shape index (κ1) is 19.2. The van der Waals surface area contributed by atoms with E-state index in [9.17, 15) is 0 Å². The average molecular weight is 387 g/mol. The van der Waals surface area contributed by atoms with E-state index in [1.165, 1.54) is 0 Å². The van der Waals surface area contributed by atoms with Crippen molar-refractivity contribution < 1.29 is 28.2 Å². The first-order valence-corrected chi connectivity index (χ1v) is 8.27. The molecule has 2 aromatic carbocycles. The van der Waals surface area contributed by atoms with Crippen LogP contribution in [0.4, 0.5) is 11.7 Å². The fourth-order valence-electron chi connectivity index (χ4n) is 2.72. The normalized spacial score (nSPS) is 10.3. The van der Waals surface area contributed by atoms with Crippen LogP contribution in [0.25, 0.3) is 11.4 Å². The smallest absolute Gasteiger partial charge is 0.326 e. The Morgan fingerprint density at radius 1 is 0.786 bits per heavy atom. The van der Waals surface area contributed by atoms with E-state index in [0.29, 0.717) is 45.8 Å². The fourth-order valence-corrected chi connectivity index (χ4v) is 2.72. The van der Waals surface area contributed by atoms with Crippen LogP contribution in [0.1, 0.15) is 0 Å². The standard InChI is InChI=1S/C19H21N3O6/c1-23-13-8-6-7-12(16(13)26-4)18-21-19(28-22-18)20-11-9-14(24-2)17(27-5)15(10-11)25-3/h6-10H,1-5H3,(H,20,21,22). The molecule has 3 rings (SSSR count). The van der Waals surface area contributed by atoms with E-state index in [1.807, 2.05) is 12.1 Å². The van der Waals surface area contributed by atoms with Gasteiger partial charge in [-0.15, -0.1) is 0 Å². The maximum Gasteiger partial charge on any atom is 0.326 e. The van der Waals surface area contributed by atoms with Crippen molar-refractivity contribution in [1.82, 2.24) is 10.1 Å². The number of aromatic nitrogens is 2. The van der Waals surface area contributed by atoms with E-state index in [-0.39, 0.29) is 6.01 Å². The zero-order chi connectivity index (χ0) is 20.1. The highest BCUT2D eigenvalue weighted by molar-refractivity contribution is 5.70. The molecule has 0 aliphatic rings. The van der Waals surface area contributed by atoms with E-state index in [2.05, 4.69) is 15.5 Å². The molecule has 28 heavy (non-hydrogen) atoms. The first-order chi connectivity index (χ1) is 13.6. The van der Waals surface area contributed by atoms with Gasteiger partial charge in [0, 0.05) is 12.1 Å². The molecular formula is C19H21N3O6. The van der Waals surface area contributed by atoms with Gasteiger partial charge < -0.3 is 33.5 Å². The maximum absolute atomic E-state index is 5.42. The molecule has 3 aromatic rings. The zero-order valence-corrected chi connectivity index (χ0v) is 16.2. The van der Waals surface area contributed by atoms with Crippen molar-refractivity contribution in [2.24, 2.45) is 0 Å². The van der Waals surface area contributed by atoms with Gasteiger partial charge in [-0.3, -0.25) is 0 Å². The molecule has 148 valence electrons. The molecule has 1 N–H and O–H groups in total. The summed E-state index contributed by atoms with van der Waals surface area (Å²) in [6.45, 7) is 0. The van der Waals surface area contributed by atoms with E-state index in [4.69, 9.17) is 28.2 Å². The second kappa shape index (κ2) is 8.38. The molecule has 9 nitrogen and oxygen atoms in total. The fraction of sp³-hybridized carbons (Fsp3) is 0.263. The van der Waals surface area contributed by atoms with Gasteiger partial charge in [-0.2, -0.15) is 4.98 Å².